The number of carbonyl (C=O) groups is 1. The predicted molar refractivity (Wildman–Crippen MR) is 126 cm³/mol. The van der Waals surface area contributed by atoms with E-state index in [-0.39, 0.29) is 24.6 Å². The van der Waals surface area contributed by atoms with Crippen LogP contribution in [0.15, 0.2) is 72.8 Å². The summed E-state index contributed by atoms with van der Waals surface area (Å²) in [5, 5.41) is 25.9. The molecule has 2 fully saturated rings. The Kier molecular flexibility index (Phi) is 5.45. The minimum Gasteiger partial charge on any atom is -0.384 e. The second-order valence-electron chi connectivity index (χ2n) is 9.25. The van der Waals surface area contributed by atoms with Crippen LogP contribution in [0.2, 0.25) is 0 Å². The summed E-state index contributed by atoms with van der Waals surface area (Å²) < 4.78 is 14.6. The van der Waals surface area contributed by atoms with Gasteiger partial charge < -0.3 is 21.5 Å². The summed E-state index contributed by atoms with van der Waals surface area (Å²) >= 11 is 0. The van der Waals surface area contributed by atoms with E-state index in [0.717, 1.165) is 16.7 Å². The first-order valence-corrected chi connectivity index (χ1v) is 11.2. The lowest BCUT2D eigenvalue weighted by Gasteiger charge is -2.22. The summed E-state index contributed by atoms with van der Waals surface area (Å²) in [4.78, 5) is 12.9. The molecule has 5 rings (SSSR count). The van der Waals surface area contributed by atoms with Crippen LogP contribution in [0.3, 0.4) is 0 Å². The van der Waals surface area contributed by atoms with Crippen LogP contribution < -0.4 is 16.4 Å². The van der Waals surface area contributed by atoms with E-state index in [9.17, 15) is 19.6 Å². The zero-order valence-electron chi connectivity index (χ0n) is 18.5. The number of nitrogens with zero attached hydrogens (tertiary/aromatic N) is 1. The first-order chi connectivity index (χ1) is 16.3. The number of halogens is 1. The largest absolute Gasteiger partial charge is 0.384 e. The Morgan fingerprint density at radius 3 is 2.62 bits per heavy atom. The molecule has 0 spiro atoms. The van der Waals surface area contributed by atoms with Gasteiger partial charge >= 0.3 is 0 Å². The van der Waals surface area contributed by atoms with Gasteiger partial charge in [-0.2, -0.15) is 5.26 Å². The average molecular weight is 457 g/mol. The SMILES string of the molecule is N#Cc1cccc(C2(N)CC2c2ccc(F)c(NC(=O)[C@H]3C[C@](O)(c4ccccc4)CN3)c2)c1. The highest BCUT2D eigenvalue weighted by atomic mass is 19.1. The molecule has 34 heavy (non-hydrogen) atoms. The zero-order valence-corrected chi connectivity index (χ0v) is 18.5. The standard InChI is InChI=1S/C27H25FN4O2/c28-22-10-9-18(21-13-27(21,30)20-8-4-5-17(11-20)15-29)12-23(22)32-25(33)24-14-26(34,16-31-24)19-6-2-1-3-7-19/h1-12,21,24,31,34H,13-14,16,30H2,(H,32,33)/t21?,24-,26-,27?/m1/s1. The van der Waals surface area contributed by atoms with E-state index in [1.807, 2.05) is 36.4 Å². The van der Waals surface area contributed by atoms with Gasteiger partial charge in [0.25, 0.3) is 0 Å². The minimum absolute atomic E-state index is 0.0505. The lowest BCUT2D eigenvalue weighted by molar-refractivity contribution is -0.118. The summed E-state index contributed by atoms with van der Waals surface area (Å²) in [5.74, 6) is -0.993. The second kappa shape index (κ2) is 8.33. The molecule has 1 aliphatic carbocycles. The van der Waals surface area contributed by atoms with Crippen molar-refractivity contribution in [3.8, 4) is 6.07 Å². The van der Waals surface area contributed by atoms with Gasteiger partial charge in [-0.25, -0.2) is 4.39 Å². The smallest absolute Gasteiger partial charge is 0.241 e. The van der Waals surface area contributed by atoms with Crippen LogP contribution in [0.5, 0.6) is 0 Å². The van der Waals surface area contributed by atoms with E-state index in [1.54, 1.807) is 30.3 Å². The zero-order chi connectivity index (χ0) is 23.9. The quantitative estimate of drug-likeness (QED) is 0.471. The van der Waals surface area contributed by atoms with Crippen LogP contribution in [0, 0.1) is 17.1 Å². The van der Waals surface area contributed by atoms with Gasteiger partial charge in [0.2, 0.25) is 5.91 Å². The number of β-amino-alcohol motifs (C(OH)–C–C–N with tert-alkyl or cyclic N) is 1. The molecule has 3 aromatic rings. The number of carbonyl (C=O) groups excluding carboxylic acids is 1. The third-order valence-electron chi connectivity index (χ3n) is 6.99. The average Bonchev–Trinajstić information content (AvgIpc) is 3.39. The van der Waals surface area contributed by atoms with Crippen LogP contribution in [0.25, 0.3) is 0 Å². The highest BCUT2D eigenvalue weighted by molar-refractivity contribution is 5.95. The normalized spacial score (nSPS) is 27.7. The van der Waals surface area contributed by atoms with Crippen molar-refractivity contribution in [1.82, 2.24) is 5.32 Å². The first-order valence-electron chi connectivity index (χ1n) is 11.2. The molecule has 1 saturated carbocycles. The van der Waals surface area contributed by atoms with E-state index in [4.69, 9.17) is 5.73 Å². The molecule has 2 unspecified atom stereocenters. The molecular formula is C27H25FN4O2. The van der Waals surface area contributed by atoms with Gasteiger partial charge in [-0.3, -0.25) is 4.79 Å². The van der Waals surface area contributed by atoms with Crippen LogP contribution in [-0.2, 0) is 15.9 Å². The molecular weight excluding hydrogens is 431 g/mol. The summed E-state index contributed by atoms with van der Waals surface area (Å²) in [6.45, 7) is 0.233. The van der Waals surface area contributed by atoms with Crippen molar-refractivity contribution in [3.05, 3.63) is 101 Å². The summed E-state index contributed by atoms with van der Waals surface area (Å²) in [6.07, 6.45) is 0.850. The number of amides is 1. The van der Waals surface area contributed by atoms with Crippen molar-refractivity contribution < 1.29 is 14.3 Å². The molecule has 1 saturated heterocycles. The van der Waals surface area contributed by atoms with Crippen LogP contribution in [0.1, 0.15) is 41.0 Å². The Balaban J connectivity index is 1.31. The van der Waals surface area contributed by atoms with E-state index in [2.05, 4.69) is 16.7 Å². The number of nitrogens with two attached hydrogens (primary N) is 1. The maximum Gasteiger partial charge on any atom is 0.241 e. The van der Waals surface area contributed by atoms with E-state index >= 15 is 0 Å². The number of hydrogen-bond acceptors (Lipinski definition) is 5. The molecule has 4 atom stereocenters. The highest BCUT2D eigenvalue weighted by Crippen LogP contribution is 2.56. The van der Waals surface area contributed by atoms with Crippen molar-refractivity contribution >= 4 is 11.6 Å². The number of nitrogens with one attached hydrogen (secondary N) is 2. The van der Waals surface area contributed by atoms with E-state index in [0.29, 0.717) is 12.0 Å². The minimum atomic E-state index is -1.16. The van der Waals surface area contributed by atoms with Crippen LogP contribution >= 0.6 is 0 Å². The molecule has 7 heteroatoms. The Morgan fingerprint density at radius 1 is 1.09 bits per heavy atom. The van der Waals surface area contributed by atoms with Crippen LogP contribution in [0.4, 0.5) is 10.1 Å². The highest BCUT2D eigenvalue weighted by Gasteiger charge is 2.53. The van der Waals surface area contributed by atoms with Crippen LogP contribution in [-0.4, -0.2) is 23.6 Å². The topological polar surface area (TPSA) is 111 Å². The van der Waals surface area contributed by atoms with Crippen molar-refractivity contribution in [2.75, 3.05) is 11.9 Å². The molecule has 0 bridgehead atoms. The van der Waals surface area contributed by atoms with Gasteiger partial charge in [0.05, 0.1) is 23.4 Å². The molecule has 1 heterocycles. The molecule has 1 amide bonds. The van der Waals surface area contributed by atoms with E-state index in [1.165, 1.54) is 6.07 Å². The third-order valence-corrected chi connectivity index (χ3v) is 6.99. The number of aliphatic hydroxyl groups is 1. The fourth-order valence-corrected chi connectivity index (χ4v) is 4.89. The summed E-state index contributed by atoms with van der Waals surface area (Å²) in [5.41, 5.74) is 7.87. The predicted octanol–water partition coefficient (Wildman–Crippen LogP) is 3.23. The van der Waals surface area contributed by atoms with Gasteiger partial charge in [-0.1, -0.05) is 48.5 Å². The first kappa shape index (κ1) is 22.2. The van der Waals surface area contributed by atoms with Gasteiger partial charge in [0.1, 0.15) is 11.4 Å². The number of anilines is 1. The molecule has 0 aromatic heterocycles. The number of benzene rings is 3. The fraction of sp³-hybridized carbons (Fsp3) is 0.259. The second-order valence-corrected chi connectivity index (χ2v) is 9.25. The van der Waals surface area contributed by atoms with Crippen molar-refractivity contribution in [2.45, 2.75) is 35.9 Å². The number of nitriles is 1. The fourth-order valence-electron chi connectivity index (χ4n) is 4.89. The van der Waals surface area contributed by atoms with Crippen molar-refractivity contribution in [1.29, 1.82) is 5.26 Å². The van der Waals surface area contributed by atoms with Crippen molar-refractivity contribution in [3.63, 3.8) is 0 Å². The molecule has 5 N–H and O–H groups in total. The Morgan fingerprint density at radius 2 is 1.85 bits per heavy atom. The van der Waals surface area contributed by atoms with E-state index < -0.39 is 28.9 Å². The van der Waals surface area contributed by atoms with Gasteiger partial charge in [-0.15, -0.1) is 0 Å². The number of hydrogen-bond donors (Lipinski definition) is 4. The molecule has 0 radical (unpaired) electrons. The maximum atomic E-state index is 14.6. The molecule has 172 valence electrons. The monoisotopic (exact) mass is 456 g/mol. The Bertz CT molecular complexity index is 1290. The lowest BCUT2D eigenvalue weighted by Crippen LogP contribution is -2.35. The van der Waals surface area contributed by atoms with Gasteiger partial charge in [0, 0.05) is 24.4 Å². The third kappa shape index (κ3) is 3.97. The molecule has 3 aromatic carbocycles. The molecule has 1 aliphatic heterocycles. The lowest BCUT2D eigenvalue weighted by atomic mass is 9.91. The summed E-state index contributed by atoms with van der Waals surface area (Å²) in [7, 11) is 0. The Hall–Kier alpha value is -3.57. The maximum absolute atomic E-state index is 14.6. The number of rotatable bonds is 5. The van der Waals surface area contributed by atoms with Crippen molar-refractivity contribution in [2.24, 2.45) is 5.73 Å². The van der Waals surface area contributed by atoms with Gasteiger partial charge in [0.15, 0.2) is 0 Å². The molecule has 6 nitrogen and oxygen atoms in total. The molecule has 2 aliphatic rings. The Labute approximate surface area is 197 Å². The van der Waals surface area contributed by atoms with Gasteiger partial charge in [-0.05, 0) is 47.4 Å². The summed E-state index contributed by atoms with van der Waals surface area (Å²) in [6, 6.07) is 22.5.